The quantitative estimate of drug-likeness (QED) is 0.540. The van der Waals surface area contributed by atoms with Crippen LogP contribution in [-0.2, 0) is 6.42 Å². The van der Waals surface area contributed by atoms with Gasteiger partial charge in [-0.2, -0.15) is 0 Å². The molecule has 27 heavy (non-hydrogen) atoms. The summed E-state index contributed by atoms with van der Waals surface area (Å²) >= 11 is 0. The average molecular weight is 356 g/mol. The van der Waals surface area contributed by atoms with Gasteiger partial charge in [0.25, 0.3) is 5.91 Å². The first-order valence-electron chi connectivity index (χ1n) is 8.94. The van der Waals surface area contributed by atoms with Crippen molar-refractivity contribution in [2.45, 2.75) is 6.42 Å². The molecule has 1 N–H and O–H groups in total. The van der Waals surface area contributed by atoms with Crippen molar-refractivity contribution in [1.29, 1.82) is 0 Å². The van der Waals surface area contributed by atoms with Crippen molar-refractivity contribution < 1.29 is 9.53 Å². The van der Waals surface area contributed by atoms with Crippen molar-refractivity contribution in [1.82, 2.24) is 10.3 Å². The standard InChI is InChI=1S/C23H20N2O2/c1-27-21-11-5-3-7-16(21)12-14-25-23(26)20-15-17-8-2-4-9-18(17)19-10-6-13-24-22(19)20/h2-11,13,15H,12,14H2,1H3,(H,25,26). The van der Waals surface area contributed by atoms with E-state index in [2.05, 4.69) is 16.4 Å². The molecule has 0 aliphatic rings. The van der Waals surface area contributed by atoms with Gasteiger partial charge in [0.2, 0.25) is 0 Å². The van der Waals surface area contributed by atoms with E-state index < -0.39 is 0 Å². The van der Waals surface area contributed by atoms with Crippen molar-refractivity contribution in [2.75, 3.05) is 13.7 Å². The van der Waals surface area contributed by atoms with Crippen LogP contribution in [-0.4, -0.2) is 24.5 Å². The lowest BCUT2D eigenvalue weighted by atomic mass is 10.0. The first kappa shape index (κ1) is 17.0. The molecule has 4 heteroatoms. The molecule has 1 aromatic heterocycles. The molecule has 0 atom stereocenters. The minimum absolute atomic E-state index is 0.112. The molecule has 1 amide bonds. The van der Waals surface area contributed by atoms with E-state index in [1.165, 1.54) is 0 Å². The third kappa shape index (κ3) is 3.34. The number of carbonyl (C=O) groups excluding carboxylic acids is 1. The lowest BCUT2D eigenvalue weighted by Crippen LogP contribution is -2.26. The number of pyridine rings is 1. The molecule has 134 valence electrons. The number of benzene rings is 3. The molecule has 0 spiro atoms. The largest absolute Gasteiger partial charge is 0.496 e. The van der Waals surface area contributed by atoms with E-state index in [1.807, 2.05) is 60.7 Å². The predicted octanol–water partition coefficient (Wildman–Crippen LogP) is 4.37. The number of nitrogens with one attached hydrogen (secondary N) is 1. The van der Waals surface area contributed by atoms with E-state index in [1.54, 1.807) is 13.3 Å². The second-order valence-corrected chi connectivity index (χ2v) is 6.36. The summed E-state index contributed by atoms with van der Waals surface area (Å²) in [5.74, 6) is 0.726. The lowest BCUT2D eigenvalue weighted by molar-refractivity contribution is 0.0955. The van der Waals surface area contributed by atoms with Gasteiger partial charge in [-0.3, -0.25) is 9.78 Å². The molecular formula is C23H20N2O2. The van der Waals surface area contributed by atoms with Gasteiger partial charge in [0.05, 0.1) is 18.2 Å². The number of para-hydroxylation sites is 1. The van der Waals surface area contributed by atoms with Gasteiger partial charge in [0, 0.05) is 18.1 Å². The number of methoxy groups -OCH3 is 1. The molecule has 0 saturated carbocycles. The van der Waals surface area contributed by atoms with Gasteiger partial charge in [-0.15, -0.1) is 0 Å². The zero-order chi connectivity index (χ0) is 18.6. The Kier molecular flexibility index (Phi) is 4.71. The Morgan fingerprint density at radius 3 is 2.67 bits per heavy atom. The van der Waals surface area contributed by atoms with E-state index in [-0.39, 0.29) is 5.91 Å². The molecule has 4 aromatic rings. The summed E-state index contributed by atoms with van der Waals surface area (Å²) in [6, 6.07) is 21.7. The molecule has 0 radical (unpaired) electrons. The fraction of sp³-hybridized carbons (Fsp3) is 0.130. The van der Waals surface area contributed by atoms with Crippen LogP contribution in [0.3, 0.4) is 0 Å². The third-order valence-electron chi connectivity index (χ3n) is 4.73. The fourth-order valence-electron chi connectivity index (χ4n) is 3.42. The number of nitrogens with zero attached hydrogens (tertiary/aromatic N) is 1. The summed E-state index contributed by atoms with van der Waals surface area (Å²) in [7, 11) is 1.66. The Balaban J connectivity index is 1.60. The van der Waals surface area contributed by atoms with Gasteiger partial charge in [0.1, 0.15) is 5.75 Å². The monoisotopic (exact) mass is 356 g/mol. The first-order valence-corrected chi connectivity index (χ1v) is 8.94. The number of hydrogen-bond acceptors (Lipinski definition) is 3. The summed E-state index contributed by atoms with van der Waals surface area (Å²) in [6.45, 7) is 0.528. The van der Waals surface area contributed by atoms with Crippen molar-refractivity contribution >= 4 is 27.6 Å². The van der Waals surface area contributed by atoms with Crippen LogP contribution in [0.5, 0.6) is 5.75 Å². The van der Waals surface area contributed by atoms with E-state index in [0.717, 1.165) is 33.0 Å². The molecule has 0 aliphatic heterocycles. The number of hydrogen-bond donors (Lipinski definition) is 1. The van der Waals surface area contributed by atoms with Crippen LogP contribution < -0.4 is 10.1 Å². The minimum Gasteiger partial charge on any atom is -0.496 e. The van der Waals surface area contributed by atoms with Gasteiger partial charge < -0.3 is 10.1 Å². The van der Waals surface area contributed by atoms with Crippen LogP contribution in [0.1, 0.15) is 15.9 Å². The van der Waals surface area contributed by atoms with E-state index in [4.69, 9.17) is 4.74 Å². The van der Waals surface area contributed by atoms with Gasteiger partial charge in [-0.25, -0.2) is 0 Å². The topological polar surface area (TPSA) is 51.2 Å². The average Bonchev–Trinajstić information content (AvgIpc) is 2.73. The second kappa shape index (κ2) is 7.46. The molecule has 4 nitrogen and oxygen atoms in total. The highest BCUT2D eigenvalue weighted by atomic mass is 16.5. The summed E-state index contributed by atoms with van der Waals surface area (Å²) in [6.07, 6.45) is 2.43. The number of rotatable bonds is 5. The van der Waals surface area contributed by atoms with E-state index >= 15 is 0 Å². The molecule has 0 unspecified atom stereocenters. The second-order valence-electron chi connectivity index (χ2n) is 6.36. The van der Waals surface area contributed by atoms with Crippen LogP contribution in [0.4, 0.5) is 0 Å². The van der Waals surface area contributed by atoms with Crippen LogP contribution in [0.25, 0.3) is 21.7 Å². The van der Waals surface area contributed by atoms with Crippen molar-refractivity contribution in [3.63, 3.8) is 0 Å². The zero-order valence-corrected chi connectivity index (χ0v) is 15.1. The lowest BCUT2D eigenvalue weighted by Gasteiger charge is -2.11. The Hall–Kier alpha value is -3.40. The summed E-state index contributed by atoms with van der Waals surface area (Å²) in [5.41, 5.74) is 2.40. The molecule has 0 bridgehead atoms. The maximum Gasteiger partial charge on any atom is 0.253 e. The summed E-state index contributed by atoms with van der Waals surface area (Å²) in [4.78, 5) is 17.3. The van der Waals surface area contributed by atoms with Crippen LogP contribution in [0.15, 0.2) is 72.9 Å². The highest BCUT2D eigenvalue weighted by molar-refractivity contribution is 6.15. The van der Waals surface area contributed by atoms with Gasteiger partial charge in [0.15, 0.2) is 0 Å². The van der Waals surface area contributed by atoms with Crippen LogP contribution in [0.2, 0.25) is 0 Å². The molecule has 0 fully saturated rings. The Morgan fingerprint density at radius 2 is 1.78 bits per heavy atom. The van der Waals surface area contributed by atoms with Gasteiger partial charge >= 0.3 is 0 Å². The van der Waals surface area contributed by atoms with E-state index in [9.17, 15) is 4.79 Å². The number of ether oxygens (including phenoxy) is 1. The maximum atomic E-state index is 12.9. The maximum absolute atomic E-state index is 12.9. The Morgan fingerprint density at radius 1 is 1.00 bits per heavy atom. The van der Waals surface area contributed by atoms with Crippen molar-refractivity contribution in [3.8, 4) is 5.75 Å². The van der Waals surface area contributed by atoms with E-state index in [0.29, 0.717) is 18.5 Å². The molecular weight excluding hydrogens is 336 g/mol. The molecule has 3 aromatic carbocycles. The highest BCUT2D eigenvalue weighted by Gasteiger charge is 2.14. The number of carbonyl (C=O) groups is 1. The first-order chi connectivity index (χ1) is 13.3. The minimum atomic E-state index is -0.112. The van der Waals surface area contributed by atoms with Crippen molar-refractivity contribution in [3.05, 3.63) is 84.1 Å². The normalized spacial score (nSPS) is 10.9. The molecule has 1 heterocycles. The predicted molar refractivity (Wildman–Crippen MR) is 108 cm³/mol. The van der Waals surface area contributed by atoms with Crippen LogP contribution >= 0.6 is 0 Å². The fourth-order valence-corrected chi connectivity index (χ4v) is 3.42. The molecule has 0 saturated heterocycles. The summed E-state index contributed by atoms with van der Waals surface area (Å²) in [5, 5.41) is 6.15. The third-order valence-corrected chi connectivity index (χ3v) is 4.73. The smallest absolute Gasteiger partial charge is 0.253 e. The Bertz CT molecular complexity index is 1120. The number of amides is 1. The highest BCUT2D eigenvalue weighted by Crippen LogP contribution is 2.27. The molecule has 0 aliphatic carbocycles. The van der Waals surface area contributed by atoms with Crippen LogP contribution in [0, 0.1) is 0 Å². The number of aromatic nitrogens is 1. The van der Waals surface area contributed by atoms with Crippen molar-refractivity contribution in [2.24, 2.45) is 0 Å². The van der Waals surface area contributed by atoms with Gasteiger partial charge in [-0.1, -0.05) is 48.5 Å². The SMILES string of the molecule is COc1ccccc1CCNC(=O)c1cc2ccccc2c2cccnc12. The molecule has 4 rings (SSSR count). The van der Waals surface area contributed by atoms with Gasteiger partial charge in [-0.05, 0) is 41.0 Å². The summed E-state index contributed by atoms with van der Waals surface area (Å²) < 4.78 is 5.37. The number of fused-ring (bicyclic) bond motifs is 3. The zero-order valence-electron chi connectivity index (χ0n) is 15.1. The Labute approximate surface area is 157 Å².